The van der Waals surface area contributed by atoms with Crippen molar-refractivity contribution in [3.8, 4) is 0 Å². The van der Waals surface area contributed by atoms with Gasteiger partial charge < -0.3 is 10.6 Å². The first kappa shape index (κ1) is 18.4. The number of para-hydroxylation sites is 1. The maximum atomic E-state index is 12.8. The molecule has 0 aliphatic heterocycles. The highest BCUT2D eigenvalue weighted by Gasteiger charge is 2.21. The SMILES string of the molecule is O=C(N[C@H](CCc1ccccc1)C(=O)Nc1ccccc1)c1ccccc1. The van der Waals surface area contributed by atoms with Gasteiger partial charge in [0.15, 0.2) is 0 Å². The number of aryl methyl sites for hydroxylation is 1. The summed E-state index contributed by atoms with van der Waals surface area (Å²) in [6, 6.07) is 27.5. The van der Waals surface area contributed by atoms with Gasteiger partial charge in [-0.2, -0.15) is 0 Å². The summed E-state index contributed by atoms with van der Waals surface area (Å²) in [7, 11) is 0. The maximum Gasteiger partial charge on any atom is 0.251 e. The van der Waals surface area contributed by atoms with Crippen LogP contribution in [-0.4, -0.2) is 17.9 Å². The minimum absolute atomic E-state index is 0.221. The van der Waals surface area contributed by atoms with E-state index in [0.717, 1.165) is 5.56 Å². The van der Waals surface area contributed by atoms with Crippen molar-refractivity contribution in [2.24, 2.45) is 0 Å². The standard InChI is InChI=1S/C23H22N2O2/c26-22(19-12-6-2-7-13-19)25-21(17-16-18-10-4-1-5-11-18)23(27)24-20-14-8-3-9-15-20/h1-15,21H,16-17H2,(H,24,27)(H,25,26)/t21-/m1/s1. The molecule has 4 heteroatoms. The summed E-state index contributed by atoms with van der Waals surface area (Å²) in [6.07, 6.45) is 1.21. The molecular formula is C23H22N2O2. The third-order valence-corrected chi connectivity index (χ3v) is 4.26. The lowest BCUT2D eigenvalue weighted by Gasteiger charge is -2.19. The van der Waals surface area contributed by atoms with E-state index in [9.17, 15) is 9.59 Å². The van der Waals surface area contributed by atoms with Crippen molar-refractivity contribution >= 4 is 17.5 Å². The van der Waals surface area contributed by atoms with Gasteiger partial charge in [-0.25, -0.2) is 0 Å². The number of nitrogens with one attached hydrogen (secondary N) is 2. The molecule has 0 aromatic heterocycles. The highest BCUT2D eigenvalue weighted by molar-refractivity contribution is 6.01. The van der Waals surface area contributed by atoms with Gasteiger partial charge in [0.2, 0.25) is 5.91 Å². The number of amides is 2. The molecule has 0 unspecified atom stereocenters. The normalized spacial score (nSPS) is 11.4. The van der Waals surface area contributed by atoms with Crippen LogP contribution in [0.25, 0.3) is 0 Å². The smallest absolute Gasteiger partial charge is 0.251 e. The zero-order valence-corrected chi connectivity index (χ0v) is 15.0. The summed E-state index contributed by atoms with van der Waals surface area (Å²) in [4.78, 5) is 25.3. The number of hydrogen-bond donors (Lipinski definition) is 2. The van der Waals surface area contributed by atoms with Gasteiger partial charge >= 0.3 is 0 Å². The Morgan fingerprint density at radius 2 is 1.30 bits per heavy atom. The molecule has 0 aliphatic carbocycles. The molecule has 3 aromatic carbocycles. The fraction of sp³-hybridized carbons (Fsp3) is 0.130. The van der Waals surface area contributed by atoms with E-state index >= 15 is 0 Å². The molecule has 0 radical (unpaired) electrons. The van der Waals surface area contributed by atoms with Gasteiger partial charge in [0.25, 0.3) is 5.91 Å². The van der Waals surface area contributed by atoms with Crippen molar-refractivity contribution in [2.45, 2.75) is 18.9 Å². The molecule has 3 rings (SSSR count). The van der Waals surface area contributed by atoms with E-state index in [-0.39, 0.29) is 11.8 Å². The first-order valence-corrected chi connectivity index (χ1v) is 8.98. The zero-order valence-electron chi connectivity index (χ0n) is 15.0. The van der Waals surface area contributed by atoms with E-state index in [1.54, 1.807) is 24.3 Å². The highest BCUT2D eigenvalue weighted by atomic mass is 16.2. The average molecular weight is 358 g/mol. The van der Waals surface area contributed by atoms with Crippen LogP contribution in [-0.2, 0) is 11.2 Å². The molecule has 0 saturated heterocycles. The van der Waals surface area contributed by atoms with E-state index in [2.05, 4.69) is 10.6 Å². The summed E-state index contributed by atoms with van der Waals surface area (Å²) in [5.41, 5.74) is 2.37. The quantitative estimate of drug-likeness (QED) is 0.669. The summed E-state index contributed by atoms with van der Waals surface area (Å²) >= 11 is 0. The summed E-state index contributed by atoms with van der Waals surface area (Å²) in [5.74, 6) is -0.474. The molecule has 0 saturated carbocycles. The Hall–Kier alpha value is -3.40. The molecule has 0 bridgehead atoms. The van der Waals surface area contributed by atoms with Gasteiger partial charge in [0.05, 0.1) is 0 Å². The van der Waals surface area contributed by atoms with E-state index in [0.29, 0.717) is 24.1 Å². The predicted molar refractivity (Wildman–Crippen MR) is 108 cm³/mol. The van der Waals surface area contributed by atoms with Crippen LogP contribution in [0.3, 0.4) is 0 Å². The molecular weight excluding hydrogens is 336 g/mol. The Morgan fingerprint density at radius 3 is 1.93 bits per heavy atom. The van der Waals surface area contributed by atoms with Crippen molar-refractivity contribution in [3.63, 3.8) is 0 Å². The minimum Gasteiger partial charge on any atom is -0.340 e. The van der Waals surface area contributed by atoms with Gasteiger partial charge in [0, 0.05) is 11.3 Å². The molecule has 0 fully saturated rings. The summed E-state index contributed by atoms with van der Waals surface area (Å²) < 4.78 is 0. The topological polar surface area (TPSA) is 58.2 Å². The zero-order chi connectivity index (χ0) is 18.9. The molecule has 27 heavy (non-hydrogen) atoms. The van der Waals surface area contributed by atoms with Crippen LogP contribution < -0.4 is 10.6 Å². The molecule has 2 amide bonds. The van der Waals surface area contributed by atoms with Crippen LogP contribution in [0, 0.1) is 0 Å². The number of carbonyl (C=O) groups is 2. The average Bonchev–Trinajstić information content (AvgIpc) is 2.73. The monoisotopic (exact) mass is 358 g/mol. The Morgan fingerprint density at radius 1 is 0.741 bits per heavy atom. The van der Waals surface area contributed by atoms with Crippen molar-refractivity contribution in [1.82, 2.24) is 5.32 Å². The fourth-order valence-electron chi connectivity index (χ4n) is 2.81. The minimum atomic E-state index is -0.627. The van der Waals surface area contributed by atoms with Crippen LogP contribution in [0.15, 0.2) is 91.0 Å². The van der Waals surface area contributed by atoms with Crippen molar-refractivity contribution < 1.29 is 9.59 Å². The van der Waals surface area contributed by atoms with Crippen LogP contribution in [0.4, 0.5) is 5.69 Å². The summed E-state index contributed by atoms with van der Waals surface area (Å²) in [6.45, 7) is 0. The van der Waals surface area contributed by atoms with Gasteiger partial charge in [-0.05, 0) is 42.7 Å². The van der Waals surface area contributed by atoms with Gasteiger partial charge in [-0.1, -0.05) is 66.7 Å². The molecule has 2 N–H and O–H groups in total. The predicted octanol–water partition coefficient (Wildman–Crippen LogP) is 4.06. The lowest BCUT2D eigenvalue weighted by molar-refractivity contribution is -0.118. The number of rotatable bonds is 7. The van der Waals surface area contributed by atoms with Crippen molar-refractivity contribution in [3.05, 3.63) is 102 Å². The van der Waals surface area contributed by atoms with Crippen LogP contribution in [0.2, 0.25) is 0 Å². The van der Waals surface area contributed by atoms with Crippen LogP contribution in [0.5, 0.6) is 0 Å². The first-order valence-electron chi connectivity index (χ1n) is 8.98. The second-order valence-corrected chi connectivity index (χ2v) is 6.27. The molecule has 4 nitrogen and oxygen atoms in total. The Labute approximate surface area is 159 Å². The Kier molecular flexibility index (Phi) is 6.36. The highest BCUT2D eigenvalue weighted by Crippen LogP contribution is 2.10. The molecule has 0 spiro atoms. The largest absolute Gasteiger partial charge is 0.340 e. The number of anilines is 1. The number of hydrogen-bond acceptors (Lipinski definition) is 2. The lowest BCUT2D eigenvalue weighted by Crippen LogP contribution is -2.44. The van der Waals surface area contributed by atoms with Crippen molar-refractivity contribution in [2.75, 3.05) is 5.32 Å². The van der Waals surface area contributed by atoms with Gasteiger partial charge in [0.1, 0.15) is 6.04 Å². The Balaban J connectivity index is 1.71. The van der Waals surface area contributed by atoms with Crippen molar-refractivity contribution in [1.29, 1.82) is 0 Å². The van der Waals surface area contributed by atoms with E-state index in [1.165, 1.54) is 0 Å². The molecule has 0 aliphatic rings. The summed E-state index contributed by atoms with van der Waals surface area (Å²) in [5, 5.41) is 5.75. The fourth-order valence-corrected chi connectivity index (χ4v) is 2.81. The second-order valence-electron chi connectivity index (χ2n) is 6.27. The van der Waals surface area contributed by atoms with Gasteiger partial charge in [-0.15, -0.1) is 0 Å². The first-order chi connectivity index (χ1) is 13.2. The molecule has 3 aromatic rings. The van der Waals surface area contributed by atoms with Crippen LogP contribution in [0.1, 0.15) is 22.3 Å². The van der Waals surface area contributed by atoms with E-state index < -0.39 is 6.04 Å². The number of benzene rings is 3. The van der Waals surface area contributed by atoms with E-state index in [4.69, 9.17) is 0 Å². The molecule has 136 valence electrons. The second kappa shape index (κ2) is 9.34. The van der Waals surface area contributed by atoms with E-state index in [1.807, 2.05) is 66.7 Å². The third-order valence-electron chi connectivity index (χ3n) is 4.26. The molecule has 1 atom stereocenters. The van der Waals surface area contributed by atoms with Crippen LogP contribution >= 0.6 is 0 Å². The number of carbonyl (C=O) groups excluding carboxylic acids is 2. The lowest BCUT2D eigenvalue weighted by atomic mass is 10.0. The maximum absolute atomic E-state index is 12.8. The van der Waals surface area contributed by atoms with Gasteiger partial charge in [-0.3, -0.25) is 9.59 Å². The third kappa shape index (κ3) is 5.54. The molecule has 0 heterocycles. The Bertz CT molecular complexity index is 865.